The Balaban J connectivity index is 1.41. The van der Waals surface area contributed by atoms with E-state index in [9.17, 15) is 9.59 Å². The fourth-order valence-corrected chi connectivity index (χ4v) is 4.55. The van der Waals surface area contributed by atoms with Gasteiger partial charge in [-0.2, -0.15) is 11.3 Å². The van der Waals surface area contributed by atoms with Crippen LogP contribution in [0, 0.1) is 5.92 Å². The molecule has 2 fully saturated rings. The van der Waals surface area contributed by atoms with Crippen molar-refractivity contribution in [2.24, 2.45) is 5.92 Å². The number of aromatic nitrogens is 1. The number of nitrogens with zero attached hydrogens (tertiary/aromatic N) is 2. The van der Waals surface area contributed by atoms with Crippen LogP contribution in [0.1, 0.15) is 28.8 Å². The zero-order valence-corrected chi connectivity index (χ0v) is 14.0. The fraction of sp³-hybridized carbons (Fsp3) is 0.389. The molecule has 124 valence electrons. The Morgan fingerprint density at radius 3 is 2.96 bits per heavy atom. The van der Waals surface area contributed by atoms with E-state index in [0.717, 1.165) is 24.9 Å². The quantitative estimate of drug-likeness (QED) is 0.926. The summed E-state index contributed by atoms with van der Waals surface area (Å²) in [6, 6.07) is 5.68. The van der Waals surface area contributed by atoms with Crippen molar-refractivity contribution in [2.75, 3.05) is 6.54 Å². The van der Waals surface area contributed by atoms with Crippen molar-refractivity contribution >= 4 is 23.2 Å². The highest BCUT2D eigenvalue weighted by Gasteiger charge is 2.47. The molecular formula is C18H19N3O2S. The van der Waals surface area contributed by atoms with Gasteiger partial charge in [0.25, 0.3) is 5.91 Å². The highest BCUT2D eigenvalue weighted by atomic mass is 32.1. The zero-order valence-electron chi connectivity index (χ0n) is 13.2. The monoisotopic (exact) mass is 341 g/mol. The topological polar surface area (TPSA) is 62.3 Å². The first-order chi connectivity index (χ1) is 11.7. The van der Waals surface area contributed by atoms with Gasteiger partial charge in [-0.15, -0.1) is 0 Å². The molecular weight excluding hydrogens is 322 g/mol. The Morgan fingerprint density at radius 1 is 1.33 bits per heavy atom. The van der Waals surface area contributed by atoms with Crippen LogP contribution in [0.4, 0.5) is 0 Å². The molecule has 4 rings (SSSR count). The Labute approximate surface area is 144 Å². The number of amides is 2. The highest BCUT2D eigenvalue weighted by molar-refractivity contribution is 7.08. The molecule has 0 unspecified atom stereocenters. The summed E-state index contributed by atoms with van der Waals surface area (Å²) < 4.78 is 0. The third-order valence-electron chi connectivity index (χ3n) is 4.98. The van der Waals surface area contributed by atoms with Gasteiger partial charge in [0.1, 0.15) is 0 Å². The largest absolute Gasteiger partial charge is 0.347 e. The Morgan fingerprint density at radius 2 is 2.25 bits per heavy atom. The first kappa shape index (κ1) is 15.3. The van der Waals surface area contributed by atoms with Crippen LogP contribution in [0.15, 0.2) is 41.4 Å². The van der Waals surface area contributed by atoms with E-state index in [1.165, 1.54) is 0 Å². The predicted molar refractivity (Wildman–Crippen MR) is 91.7 cm³/mol. The van der Waals surface area contributed by atoms with E-state index in [-0.39, 0.29) is 23.9 Å². The number of hydrogen-bond donors (Lipinski definition) is 1. The summed E-state index contributed by atoms with van der Waals surface area (Å²) >= 11 is 1.61. The Bertz CT molecular complexity index is 732. The van der Waals surface area contributed by atoms with Crippen LogP contribution in [-0.2, 0) is 11.2 Å². The maximum absolute atomic E-state index is 12.6. The molecule has 2 bridgehead atoms. The van der Waals surface area contributed by atoms with Crippen molar-refractivity contribution in [2.45, 2.75) is 31.3 Å². The van der Waals surface area contributed by atoms with Gasteiger partial charge in [0, 0.05) is 25.0 Å². The first-order valence-electron chi connectivity index (χ1n) is 8.22. The third-order valence-corrected chi connectivity index (χ3v) is 5.71. The summed E-state index contributed by atoms with van der Waals surface area (Å²) in [5, 5.41) is 7.12. The second-order valence-corrected chi connectivity index (χ2v) is 7.36. The maximum Gasteiger partial charge on any atom is 0.253 e. The maximum atomic E-state index is 12.6. The molecule has 2 aromatic heterocycles. The summed E-state index contributed by atoms with van der Waals surface area (Å²) in [4.78, 5) is 30.9. The molecule has 3 atom stereocenters. The summed E-state index contributed by atoms with van der Waals surface area (Å²) in [7, 11) is 0. The molecule has 1 saturated carbocycles. The van der Waals surface area contributed by atoms with E-state index in [2.05, 4.69) is 10.3 Å². The summed E-state index contributed by atoms with van der Waals surface area (Å²) in [5.41, 5.74) is 1.64. The lowest BCUT2D eigenvalue weighted by molar-refractivity contribution is -0.132. The second kappa shape index (κ2) is 6.36. The van der Waals surface area contributed by atoms with Crippen molar-refractivity contribution < 1.29 is 9.59 Å². The van der Waals surface area contributed by atoms with E-state index in [4.69, 9.17) is 0 Å². The summed E-state index contributed by atoms with van der Waals surface area (Å²) in [6.45, 7) is 0.826. The fourth-order valence-electron chi connectivity index (χ4n) is 3.89. The molecule has 2 aromatic rings. The van der Waals surface area contributed by atoms with Gasteiger partial charge in [0.05, 0.1) is 18.0 Å². The number of piperidine rings is 1. The van der Waals surface area contributed by atoms with Gasteiger partial charge < -0.3 is 10.2 Å². The van der Waals surface area contributed by atoms with Gasteiger partial charge in [-0.1, -0.05) is 0 Å². The van der Waals surface area contributed by atoms with Crippen molar-refractivity contribution in [3.63, 3.8) is 0 Å². The average Bonchev–Trinajstić information content (AvgIpc) is 3.32. The lowest BCUT2D eigenvalue weighted by Crippen LogP contribution is -2.52. The zero-order chi connectivity index (χ0) is 16.5. The van der Waals surface area contributed by atoms with Crippen LogP contribution in [0.25, 0.3) is 0 Å². The second-order valence-electron chi connectivity index (χ2n) is 6.58. The molecule has 5 nitrogen and oxygen atoms in total. The molecule has 0 spiro atoms. The summed E-state index contributed by atoms with van der Waals surface area (Å²) in [6.07, 6.45) is 5.63. The molecule has 0 aromatic carbocycles. The van der Waals surface area contributed by atoms with Crippen LogP contribution >= 0.6 is 11.3 Å². The minimum absolute atomic E-state index is 0.0443. The third kappa shape index (κ3) is 2.94. The number of carbonyl (C=O) groups is 2. The molecule has 6 heteroatoms. The summed E-state index contributed by atoms with van der Waals surface area (Å²) in [5.74, 6) is 0.563. The average molecular weight is 341 g/mol. The number of likely N-dealkylation sites (tertiary alicyclic amines) is 1. The number of fused-ring (bicyclic) bond motifs is 2. The first-order valence-corrected chi connectivity index (χ1v) is 9.16. The van der Waals surface area contributed by atoms with Gasteiger partial charge >= 0.3 is 0 Å². The molecule has 1 saturated heterocycles. The van der Waals surface area contributed by atoms with Crippen LogP contribution in [0.3, 0.4) is 0 Å². The highest BCUT2D eigenvalue weighted by Crippen LogP contribution is 2.38. The standard InChI is InChI=1S/C18H19N3O2S/c22-17(8-12-3-5-24-11-12)21-10-13-6-15(16(21)7-13)20-18(23)14-2-1-4-19-9-14/h1-5,9,11,13,15-16H,6-8,10H2,(H,20,23)/t13-,15+,16-/m1/s1. The van der Waals surface area contributed by atoms with Crippen molar-refractivity contribution in [3.8, 4) is 0 Å². The van der Waals surface area contributed by atoms with Gasteiger partial charge in [0.2, 0.25) is 5.91 Å². The molecule has 0 radical (unpaired) electrons. The van der Waals surface area contributed by atoms with Crippen molar-refractivity contribution in [3.05, 3.63) is 52.5 Å². The number of nitrogens with one attached hydrogen (secondary N) is 1. The minimum Gasteiger partial charge on any atom is -0.347 e. The molecule has 2 amide bonds. The van der Waals surface area contributed by atoms with Crippen molar-refractivity contribution in [1.29, 1.82) is 0 Å². The Kier molecular flexibility index (Phi) is 4.06. The number of thiophene rings is 1. The number of carbonyl (C=O) groups excluding carboxylic acids is 2. The van der Waals surface area contributed by atoms with E-state index >= 15 is 0 Å². The molecule has 3 heterocycles. The van der Waals surface area contributed by atoms with Gasteiger partial charge in [-0.3, -0.25) is 14.6 Å². The van der Waals surface area contributed by atoms with Crippen LogP contribution in [-0.4, -0.2) is 40.3 Å². The SMILES string of the molecule is O=C(N[C@H]1C[C@@H]2C[C@H]1N(C(=O)Cc1ccsc1)C2)c1cccnc1. The molecule has 2 aliphatic rings. The van der Waals surface area contributed by atoms with Crippen molar-refractivity contribution in [1.82, 2.24) is 15.2 Å². The smallest absolute Gasteiger partial charge is 0.253 e. The predicted octanol–water partition coefficient (Wildman–Crippen LogP) is 2.10. The minimum atomic E-state index is -0.106. The van der Waals surface area contributed by atoms with Gasteiger partial charge in [0.15, 0.2) is 0 Å². The number of hydrogen-bond acceptors (Lipinski definition) is 4. The molecule has 1 aliphatic carbocycles. The van der Waals surface area contributed by atoms with Gasteiger partial charge in [-0.25, -0.2) is 0 Å². The van der Waals surface area contributed by atoms with Crippen LogP contribution < -0.4 is 5.32 Å². The molecule has 1 N–H and O–H groups in total. The number of pyridine rings is 1. The lowest BCUT2D eigenvalue weighted by atomic mass is 10.0. The lowest BCUT2D eigenvalue weighted by Gasteiger charge is -2.33. The van der Waals surface area contributed by atoms with E-state index in [1.54, 1.807) is 35.9 Å². The molecule has 24 heavy (non-hydrogen) atoms. The van der Waals surface area contributed by atoms with E-state index in [1.807, 2.05) is 21.7 Å². The van der Waals surface area contributed by atoms with Crippen LogP contribution in [0.5, 0.6) is 0 Å². The Hall–Kier alpha value is -2.21. The molecule has 1 aliphatic heterocycles. The number of rotatable bonds is 4. The van der Waals surface area contributed by atoms with E-state index in [0.29, 0.717) is 17.9 Å². The van der Waals surface area contributed by atoms with Crippen LogP contribution in [0.2, 0.25) is 0 Å². The van der Waals surface area contributed by atoms with E-state index < -0.39 is 0 Å². The van der Waals surface area contributed by atoms with Gasteiger partial charge in [-0.05, 0) is 53.3 Å². The normalized spacial score (nSPS) is 25.0.